The van der Waals surface area contributed by atoms with Gasteiger partial charge in [-0.15, -0.1) is 0 Å². The van der Waals surface area contributed by atoms with E-state index < -0.39 is 6.26 Å². The lowest BCUT2D eigenvalue weighted by Gasteiger charge is -2.19. The Kier molecular flexibility index (Phi) is 4.85. The Morgan fingerprint density at radius 2 is 1.16 bits per heavy atom. The quantitative estimate of drug-likeness (QED) is 0.776. The van der Waals surface area contributed by atoms with E-state index in [1.165, 1.54) is 0 Å². The molecular weight excluding hydrogens is 365 g/mol. The maximum Gasteiger partial charge on any atom is 0.123 e. The average molecular weight is 372 g/mol. The van der Waals surface area contributed by atoms with Gasteiger partial charge in [0.15, 0.2) is 0 Å². The van der Waals surface area contributed by atoms with Gasteiger partial charge in [0.2, 0.25) is 0 Å². The van der Waals surface area contributed by atoms with Crippen LogP contribution in [0.25, 0.3) is 0 Å². The third-order valence-electron chi connectivity index (χ3n) is 2.47. The van der Waals surface area contributed by atoms with E-state index in [1.54, 1.807) is 36.4 Å². The predicted molar refractivity (Wildman–Crippen MR) is 88.7 cm³/mol. The van der Waals surface area contributed by atoms with Crippen molar-refractivity contribution in [3.8, 4) is 0 Å². The first-order chi connectivity index (χ1) is 8.82. The van der Waals surface area contributed by atoms with Gasteiger partial charge >= 0.3 is 0 Å². The molecule has 0 heterocycles. The van der Waals surface area contributed by atoms with E-state index >= 15 is 0 Å². The first kappa shape index (κ1) is 15.6. The zero-order chi connectivity index (χ0) is 14.2. The molecule has 0 unspecified atom stereocenters. The fourth-order valence-corrected chi connectivity index (χ4v) is 5.91. The highest BCUT2D eigenvalue weighted by Crippen LogP contribution is 2.43. The van der Waals surface area contributed by atoms with Crippen molar-refractivity contribution in [2.75, 3.05) is 0 Å². The third kappa shape index (κ3) is 3.28. The molecule has 2 aromatic carbocycles. The summed E-state index contributed by atoms with van der Waals surface area (Å²) in [6.45, 7) is 0. The second-order valence-corrected chi connectivity index (χ2v) is 9.16. The zero-order valence-electron chi connectivity index (χ0n) is 9.28. The Balaban J connectivity index is 2.61. The van der Waals surface area contributed by atoms with Crippen LogP contribution < -0.4 is 10.6 Å². The smallest absolute Gasteiger partial charge is 0.123 e. The highest BCUT2D eigenvalue weighted by molar-refractivity contribution is 8.19. The van der Waals surface area contributed by atoms with Crippen LogP contribution in [0.2, 0.25) is 20.1 Å². The van der Waals surface area contributed by atoms with E-state index in [2.05, 4.69) is 0 Å². The van der Waals surface area contributed by atoms with Crippen molar-refractivity contribution in [1.82, 2.24) is 0 Å². The predicted octanol–water partition coefficient (Wildman–Crippen LogP) is 4.64. The first-order valence-electron chi connectivity index (χ1n) is 5.06. The van der Waals surface area contributed by atoms with Gasteiger partial charge in [0.1, 0.15) is 6.26 Å². The van der Waals surface area contributed by atoms with Crippen LogP contribution in [-0.2, 0) is 11.8 Å². The standard InChI is InChI=1S/C12H7Cl4OPS/c13-7-1-3-11(9(15)5-7)18(17,19)12-4-2-8(14)6-10(12)16/h1-6H,(H,17,19). The monoisotopic (exact) mass is 370 g/mol. The normalized spacial score (nSPS) is 11.6. The first-order valence-corrected chi connectivity index (χ1v) is 9.33. The molecule has 0 aliphatic heterocycles. The molecule has 0 bridgehead atoms. The van der Waals surface area contributed by atoms with Gasteiger partial charge in [-0.25, -0.2) is 0 Å². The van der Waals surface area contributed by atoms with Gasteiger partial charge in [-0.1, -0.05) is 58.2 Å². The van der Waals surface area contributed by atoms with E-state index in [1.807, 2.05) is 0 Å². The molecule has 0 saturated carbocycles. The molecule has 0 radical (unpaired) electrons. The molecule has 1 nitrogen and oxygen atoms in total. The molecule has 0 saturated heterocycles. The summed E-state index contributed by atoms with van der Waals surface area (Å²) < 4.78 is 0. The summed E-state index contributed by atoms with van der Waals surface area (Å²) in [7, 11) is 0. The molecular formula is C12H7Cl4OPS. The average Bonchev–Trinajstić information content (AvgIpc) is 2.27. The van der Waals surface area contributed by atoms with Gasteiger partial charge in [0.25, 0.3) is 0 Å². The minimum Gasteiger partial charge on any atom is -0.358 e. The fraction of sp³-hybridized carbons (Fsp3) is 0. The van der Waals surface area contributed by atoms with Gasteiger partial charge in [0.05, 0.1) is 10.0 Å². The fourth-order valence-electron chi connectivity index (χ4n) is 1.58. The summed E-state index contributed by atoms with van der Waals surface area (Å²) in [5.41, 5.74) is 0. The lowest BCUT2D eigenvalue weighted by atomic mass is 10.3. The van der Waals surface area contributed by atoms with Gasteiger partial charge in [-0.2, -0.15) is 0 Å². The second-order valence-electron chi connectivity index (χ2n) is 3.77. The summed E-state index contributed by atoms with van der Waals surface area (Å²) >= 11 is 29.2. The van der Waals surface area contributed by atoms with Crippen molar-refractivity contribution >= 4 is 75.1 Å². The molecule has 0 aliphatic rings. The van der Waals surface area contributed by atoms with Crippen LogP contribution in [0.3, 0.4) is 0 Å². The van der Waals surface area contributed by atoms with Crippen LogP contribution in [0.5, 0.6) is 0 Å². The highest BCUT2D eigenvalue weighted by Gasteiger charge is 2.24. The van der Waals surface area contributed by atoms with Gasteiger partial charge in [0, 0.05) is 20.7 Å². The molecule has 100 valence electrons. The van der Waals surface area contributed by atoms with Crippen molar-refractivity contribution in [2.24, 2.45) is 0 Å². The van der Waals surface area contributed by atoms with Crippen molar-refractivity contribution in [3.05, 3.63) is 56.5 Å². The molecule has 0 spiro atoms. The summed E-state index contributed by atoms with van der Waals surface area (Å²) in [5.74, 6) is 0. The maximum atomic E-state index is 10.7. The van der Waals surface area contributed by atoms with E-state index in [0.29, 0.717) is 30.7 Å². The number of hydrogen-bond acceptors (Lipinski definition) is 1. The molecule has 0 aliphatic carbocycles. The van der Waals surface area contributed by atoms with Crippen molar-refractivity contribution in [1.29, 1.82) is 0 Å². The van der Waals surface area contributed by atoms with E-state index in [4.69, 9.17) is 58.2 Å². The highest BCUT2D eigenvalue weighted by atomic mass is 35.5. The Morgan fingerprint density at radius 1 is 0.789 bits per heavy atom. The van der Waals surface area contributed by atoms with Crippen molar-refractivity contribution < 1.29 is 4.89 Å². The lowest BCUT2D eigenvalue weighted by Crippen LogP contribution is -2.17. The maximum absolute atomic E-state index is 10.7. The summed E-state index contributed by atoms with van der Waals surface area (Å²) in [6, 6.07) is 9.58. The van der Waals surface area contributed by atoms with Crippen LogP contribution in [0.15, 0.2) is 36.4 Å². The van der Waals surface area contributed by atoms with Gasteiger partial charge < -0.3 is 4.89 Å². The molecule has 0 fully saturated rings. The topological polar surface area (TPSA) is 20.2 Å². The lowest BCUT2D eigenvalue weighted by molar-refractivity contribution is 0.642. The Hall–Kier alpha value is 0.210. The molecule has 2 aromatic rings. The zero-order valence-corrected chi connectivity index (χ0v) is 14.0. The minimum atomic E-state index is -3.06. The SMILES string of the molecule is OP(=S)(c1ccc(Cl)cc1Cl)c1ccc(Cl)cc1Cl. The molecule has 7 heteroatoms. The molecule has 0 aromatic heterocycles. The Labute approximate surface area is 136 Å². The van der Waals surface area contributed by atoms with Crippen LogP contribution in [0.4, 0.5) is 0 Å². The van der Waals surface area contributed by atoms with Crippen LogP contribution in [-0.4, -0.2) is 4.89 Å². The number of rotatable bonds is 2. The molecule has 2 rings (SSSR count). The van der Waals surface area contributed by atoms with Gasteiger partial charge in [-0.3, -0.25) is 0 Å². The largest absolute Gasteiger partial charge is 0.358 e. The minimum absolute atomic E-state index is 0.323. The number of halogens is 4. The summed E-state index contributed by atoms with van der Waals surface area (Å²) in [5, 5.41) is 2.51. The number of benzene rings is 2. The molecule has 1 N–H and O–H groups in total. The Bertz CT molecular complexity index is 634. The molecule has 0 atom stereocenters. The third-order valence-corrected chi connectivity index (χ3v) is 7.10. The second kappa shape index (κ2) is 5.91. The summed E-state index contributed by atoms with van der Waals surface area (Å²) in [6.07, 6.45) is -3.06. The molecule has 0 amide bonds. The summed E-state index contributed by atoms with van der Waals surface area (Å²) in [4.78, 5) is 10.7. The molecule has 19 heavy (non-hydrogen) atoms. The van der Waals surface area contributed by atoms with Crippen molar-refractivity contribution in [3.63, 3.8) is 0 Å². The van der Waals surface area contributed by atoms with E-state index in [0.717, 1.165) is 0 Å². The van der Waals surface area contributed by atoms with Crippen LogP contribution in [0, 0.1) is 0 Å². The van der Waals surface area contributed by atoms with E-state index in [9.17, 15) is 4.89 Å². The van der Waals surface area contributed by atoms with E-state index in [-0.39, 0.29) is 0 Å². The van der Waals surface area contributed by atoms with Crippen LogP contribution >= 0.6 is 52.7 Å². The van der Waals surface area contributed by atoms with Crippen LogP contribution in [0.1, 0.15) is 0 Å². The Morgan fingerprint density at radius 3 is 1.47 bits per heavy atom. The van der Waals surface area contributed by atoms with Gasteiger partial charge in [-0.05, 0) is 36.4 Å². The number of hydrogen-bond donors (Lipinski definition) is 1. The van der Waals surface area contributed by atoms with Crippen molar-refractivity contribution in [2.45, 2.75) is 0 Å².